The molecule has 1 unspecified atom stereocenters. The van der Waals surface area contributed by atoms with E-state index in [9.17, 15) is 18.0 Å². The summed E-state index contributed by atoms with van der Waals surface area (Å²) >= 11 is 1.49. The summed E-state index contributed by atoms with van der Waals surface area (Å²) in [6, 6.07) is 9.72. The zero-order valence-corrected chi connectivity index (χ0v) is 15.6. The summed E-state index contributed by atoms with van der Waals surface area (Å²) < 4.78 is 37.1. The Balaban J connectivity index is 1.61. The average molecular weight is 400 g/mol. The van der Waals surface area contributed by atoms with Gasteiger partial charge in [0.1, 0.15) is 0 Å². The zero-order valence-electron chi connectivity index (χ0n) is 14.0. The van der Waals surface area contributed by atoms with E-state index in [1.165, 1.54) is 29.1 Å². The second-order valence-corrected chi connectivity index (χ2v) is 8.17. The maximum absolute atomic E-state index is 12.4. The third kappa shape index (κ3) is 5.25. The molecule has 0 bridgehead atoms. The van der Waals surface area contributed by atoms with Crippen molar-refractivity contribution in [3.8, 4) is 0 Å². The highest BCUT2D eigenvalue weighted by molar-refractivity contribution is 8.00. The molecule has 1 atom stereocenters. The molecule has 8 heteroatoms. The molecule has 2 heterocycles. The van der Waals surface area contributed by atoms with Gasteiger partial charge in [-0.15, -0.1) is 11.3 Å². The van der Waals surface area contributed by atoms with Crippen LogP contribution in [0.4, 0.5) is 13.2 Å². The normalized spacial score (nSPS) is 16.6. The Labute approximate surface area is 158 Å². The number of carbonyl (C=O) groups excluding carboxylic acids is 1. The van der Waals surface area contributed by atoms with Gasteiger partial charge >= 0.3 is 5.51 Å². The molecule has 2 aromatic rings. The number of halogens is 3. The number of hydrogen-bond donors (Lipinski definition) is 1. The van der Waals surface area contributed by atoms with E-state index in [-0.39, 0.29) is 28.6 Å². The predicted molar refractivity (Wildman–Crippen MR) is 98.6 cm³/mol. The Hall–Kier alpha value is -1.51. The van der Waals surface area contributed by atoms with Gasteiger partial charge in [0.05, 0.1) is 6.04 Å². The molecule has 1 aliphatic heterocycles. The minimum Gasteiger partial charge on any atom is -0.350 e. The second-order valence-electron chi connectivity index (χ2n) is 6.06. The number of alkyl halides is 3. The number of thioether (sulfide) groups is 1. The van der Waals surface area contributed by atoms with Crippen LogP contribution in [0.3, 0.4) is 0 Å². The second kappa shape index (κ2) is 8.45. The Bertz CT molecular complexity index is 711. The van der Waals surface area contributed by atoms with E-state index in [2.05, 4.69) is 16.3 Å². The van der Waals surface area contributed by atoms with Crippen molar-refractivity contribution in [2.75, 3.05) is 19.6 Å². The number of hydrogen-bond acceptors (Lipinski definition) is 4. The first-order valence-electron chi connectivity index (χ1n) is 8.34. The van der Waals surface area contributed by atoms with Crippen molar-refractivity contribution < 1.29 is 18.0 Å². The lowest BCUT2D eigenvalue weighted by Crippen LogP contribution is -2.36. The molecular formula is C18H19F3N2OS2. The summed E-state index contributed by atoms with van der Waals surface area (Å²) in [5.74, 6) is -0.269. The van der Waals surface area contributed by atoms with Crippen LogP contribution in [0.1, 0.15) is 34.1 Å². The Morgan fingerprint density at radius 3 is 2.46 bits per heavy atom. The molecule has 3 nitrogen and oxygen atoms in total. The van der Waals surface area contributed by atoms with Crippen molar-refractivity contribution in [1.82, 2.24) is 10.2 Å². The molecule has 1 aromatic carbocycles. The molecule has 0 radical (unpaired) electrons. The maximum atomic E-state index is 12.4. The van der Waals surface area contributed by atoms with E-state index in [0.717, 1.165) is 25.9 Å². The molecule has 26 heavy (non-hydrogen) atoms. The quantitative estimate of drug-likeness (QED) is 0.698. The average Bonchev–Trinajstić information content (AvgIpc) is 3.28. The molecule has 0 saturated carbocycles. The van der Waals surface area contributed by atoms with Crippen LogP contribution in [0.2, 0.25) is 0 Å². The summed E-state index contributed by atoms with van der Waals surface area (Å²) in [4.78, 5) is 16.0. The number of rotatable bonds is 6. The van der Waals surface area contributed by atoms with Gasteiger partial charge in [-0.05, 0) is 73.4 Å². The summed E-state index contributed by atoms with van der Waals surface area (Å²) in [5.41, 5.74) is -3.96. The number of nitrogens with zero attached hydrogens (tertiary/aromatic N) is 1. The van der Waals surface area contributed by atoms with Gasteiger partial charge in [-0.2, -0.15) is 13.2 Å². The maximum Gasteiger partial charge on any atom is 0.446 e. The van der Waals surface area contributed by atoms with Crippen molar-refractivity contribution in [2.45, 2.75) is 29.3 Å². The number of amides is 1. The first-order valence-corrected chi connectivity index (χ1v) is 10.0. The van der Waals surface area contributed by atoms with Crippen molar-refractivity contribution in [2.24, 2.45) is 0 Å². The number of carbonyl (C=O) groups is 1. The molecule has 3 rings (SSSR count). The Morgan fingerprint density at radius 2 is 1.88 bits per heavy atom. The SMILES string of the molecule is O=C(NCC(c1cccs1)N1CCCC1)c1ccc(SC(F)(F)F)cc1. The van der Waals surface area contributed by atoms with E-state index in [1.807, 2.05) is 11.4 Å². The van der Waals surface area contributed by atoms with Crippen LogP contribution in [0, 0.1) is 0 Å². The topological polar surface area (TPSA) is 32.3 Å². The molecule has 1 amide bonds. The van der Waals surface area contributed by atoms with Gasteiger partial charge < -0.3 is 5.32 Å². The van der Waals surface area contributed by atoms with E-state index in [1.54, 1.807) is 11.3 Å². The van der Waals surface area contributed by atoms with Gasteiger partial charge in [-0.1, -0.05) is 6.07 Å². The predicted octanol–water partition coefficient (Wildman–Crippen LogP) is 4.93. The molecule has 1 N–H and O–H groups in total. The van der Waals surface area contributed by atoms with Gasteiger partial charge in [-0.3, -0.25) is 9.69 Å². The van der Waals surface area contributed by atoms with E-state index < -0.39 is 5.51 Å². The zero-order chi connectivity index (χ0) is 18.6. The molecule has 0 spiro atoms. The molecular weight excluding hydrogens is 381 g/mol. The molecule has 1 fully saturated rings. The van der Waals surface area contributed by atoms with Crippen molar-refractivity contribution in [1.29, 1.82) is 0 Å². The fourth-order valence-corrected chi connectivity index (χ4v) is 4.44. The lowest BCUT2D eigenvalue weighted by molar-refractivity contribution is -0.0328. The van der Waals surface area contributed by atoms with Crippen LogP contribution in [-0.4, -0.2) is 35.9 Å². The Morgan fingerprint density at radius 1 is 1.19 bits per heavy atom. The van der Waals surface area contributed by atoms with Gasteiger partial charge in [0, 0.05) is 21.9 Å². The first kappa shape index (κ1) is 19.3. The number of likely N-dealkylation sites (tertiary alicyclic amines) is 1. The minimum absolute atomic E-state index is 0.0718. The summed E-state index contributed by atoms with van der Waals surface area (Å²) in [6.07, 6.45) is 2.32. The number of benzene rings is 1. The monoisotopic (exact) mass is 400 g/mol. The van der Waals surface area contributed by atoms with Gasteiger partial charge in [0.15, 0.2) is 0 Å². The van der Waals surface area contributed by atoms with E-state index in [4.69, 9.17) is 0 Å². The van der Waals surface area contributed by atoms with Crippen LogP contribution in [-0.2, 0) is 0 Å². The standard InChI is InChI=1S/C18H19F3N2OS2/c19-18(20,21)26-14-7-5-13(6-8-14)17(24)22-12-15(16-4-3-11-25-16)23-9-1-2-10-23/h3-8,11,15H,1-2,9-10,12H2,(H,22,24). The molecule has 1 saturated heterocycles. The van der Waals surface area contributed by atoms with Crippen LogP contribution in [0.15, 0.2) is 46.7 Å². The van der Waals surface area contributed by atoms with Crippen LogP contribution in [0.5, 0.6) is 0 Å². The van der Waals surface area contributed by atoms with Crippen LogP contribution < -0.4 is 5.32 Å². The summed E-state index contributed by atoms with van der Waals surface area (Å²) in [6.45, 7) is 2.52. The Kier molecular flexibility index (Phi) is 6.26. The van der Waals surface area contributed by atoms with Crippen molar-refractivity contribution >= 4 is 29.0 Å². The highest BCUT2D eigenvalue weighted by Crippen LogP contribution is 2.36. The van der Waals surface area contributed by atoms with Crippen LogP contribution in [0.25, 0.3) is 0 Å². The third-order valence-electron chi connectivity index (χ3n) is 4.26. The number of nitrogens with one attached hydrogen (secondary N) is 1. The highest BCUT2D eigenvalue weighted by Gasteiger charge is 2.29. The highest BCUT2D eigenvalue weighted by atomic mass is 32.2. The van der Waals surface area contributed by atoms with Gasteiger partial charge in [-0.25, -0.2) is 0 Å². The smallest absolute Gasteiger partial charge is 0.350 e. The van der Waals surface area contributed by atoms with Crippen molar-refractivity contribution in [3.63, 3.8) is 0 Å². The fraction of sp³-hybridized carbons (Fsp3) is 0.389. The largest absolute Gasteiger partial charge is 0.446 e. The first-order chi connectivity index (χ1) is 12.4. The molecule has 0 aliphatic carbocycles. The van der Waals surface area contributed by atoms with Crippen molar-refractivity contribution in [3.05, 3.63) is 52.2 Å². The minimum atomic E-state index is -4.33. The van der Waals surface area contributed by atoms with Gasteiger partial charge in [0.25, 0.3) is 5.91 Å². The summed E-state index contributed by atoms with van der Waals surface area (Å²) in [7, 11) is 0. The summed E-state index contributed by atoms with van der Waals surface area (Å²) in [5, 5.41) is 4.95. The van der Waals surface area contributed by atoms with E-state index >= 15 is 0 Å². The van der Waals surface area contributed by atoms with Crippen LogP contribution >= 0.6 is 23.1 Å². The molecule has 140 valence electrons. The van der Waals surface area contributed by atoms with Gasteiger partial charge in [0.2, 0.25) is 0 Å². The number of thiophene rings is 1. The lowest BCUT2D eigenvalue weighted by atomic mass is 10.2. The molecule has 1 aliphatic rings. The lowest BCUT2D eigenvalue weighted by Gasteiger charge is -2.27. The third-order valence-corrected chi connectivity index (χ3v) is 5.97. The molecule has 1 aromatic heterocycles. The van der Waals surface area contributed by atoms with E-state index in [0.29, 0.717) is 12.1 Å². The fourth-order valence-electron chi connectivity index (χ4n) is 3.04.